The van der Waals surface area contributed by atoms with Crippen LogP contribution in [0.1, 0.15) is 10.6 Å². The summed E-state index contributed by atoms with van der Waals surface area (Å²) in [5, 5.41) is 11.9. The van der Waals surface area contributed by atoms with Crippen LogP contribution in [-0.2, 0) is 5.79 Å². The van der Waals surface area contributed by atoms with Crippen LogP contribution in [0.3, 0.4) is 0 Å². The summed E-state index contributed by atoms with van der Waals surface area (Å²) in [6, 6.07) is 7.27. The van der Waals surface area contributed by atoms with Gasteiger partial charge in [-0.3, -0.25) is 5.73 Å². The van der Waals surface area contributed by atoms with Gasteiger partial charge in [0, 0.05) is 5.56 Å². The predicted molar refractivity (Wildman–Crippen MR) is 96.4 cm³/mol. The van der Waals surface area contributed by atoms with Crippen molar-refractivity contribution in [2.24, 2.45) is 21.5 Å². The molecular formula is C14H17N7OS2. The maximum Gasteiger partial charge on any atom is 0.234 e. The second-order valence-electron chi connectivity index (χ2n) is 5.01. The summed E-state index contributed by atoms with van der Waals surface area (Å²) in [4.78, 5) is 8.77. The average Bonchev–Trinajstić information content (AvgIpc) is 2.98. The fourth-order valence-electron chi connectivity index (χ4n) is 2.12. The lowest BCUT2D eigenvalue weighted by molar-refractivity contribution is 0.413. The lowest BCUT2D eigenvalue weighted by atomic mass is 10.1. The maximum absolute atomic E-state index is 6.36. The third-order valence-electron chi connectivity index (χ3n) is 3.22. The zero-order valence-corrected chi connectivity index (χ0v) is 14.8. The molecule has 0 fully saturated rings. The number of guanidine groups is 1. The van der Waals surface area contributed by atoms with Crippen LogP contribution in [0.4, 0.5) is 0 Å². The number of aliphatic imine (C=N–C) groups is 2. The molecule has 24 heavy (non-hydrogen) atoms. The zero-order chi connectivity index (χ0) is 17.2. The van der Waals surface area contributed by atoms with Gasteiger partial charge in [-0.15, -0.1) is 10.2 Å². The van der Waals surface area contributed by atoms with Gasteiger partial charge in [0.15, 0.2) is 10.3 Å². The summed E-state index contributed by atoms with van der Waals surface area (Å²) in [6.45, 7) is 1.91. The maximum atomic E-state index is 6.36. The highest BCUT2D eigenvalue weighted by molar-refractivity contribution is 8.01. The van der Waals surface area contributed by atoms with E-state index in [0.29, 0.717) is 11.6 Å². The standard InChI is InChI=1S/C14H17N7OS2/c1-8-20-21-13(24-8)23-7-11-17-12(15)19-14(16,18-11)9-3-5-10(22-2)6-4-9/h3-6H,7,16H2,1-2H3,(H3,15,17,18,19). The van der Waals surface area contributed by atoms with Gasteiger partial charge in [0.2, 0.25) is 5.79 Å². The Morgan fingerprint density at radius 1 is 1.25 bits per heavy atom. The van der Waals surface area contributed by atoms with Crippen molar-refractivity contribution in [3.8, 4) is 5.75 Å². The van der Waals surface area contributed by atoms with Crippen molar-refractivity contribution >= 4 is 34.9 Å². The Labute approximate surface area is 147 Å². The summed E-state index contributed by atoms with van der Waals surface area (Å²) < 4.78 is 6.02. The molecule has 5 N–H and O–H groups in total. The van der Waals surface area contributed by atoms with Crippen molar-refractivity contribution < 1.29 is 4.74 Å². The minimum Gasteiger partial charge on any atom is -0.497 e. The Morgan fingerprint density at radius 2 is 2.00 bits per heavy atom. The van der Waals surface area contributed by atoms with Crippen LogP contribution in [0.15, 0.2) is 38.6 Å². The number of benzene rings is 1. The first-order valence-electron chi connectivity index (χ1n) is 7.06. The van der Waals surface area contributed by atoms with Gasteiger partial charge in [-0.25, -0.2) is 9.98 Å². The van der Waals surface area contributed by atoms with Crippen molar-refractivity contribution in [3.63, 3.8) is 0 Å². The fourth-order valence-corrected chi connectivity index (χ4v) is 3.80. The van der Waals surface area contributed by atoms with Gasteiger partial charge in [-0.05, 0) is 31.2 Å². The topological polar surface area (TPSA) is 124 Å². The zero-order valence-electron chi connectivity index (χ0n) is 13.2. The molecule has 8 nitrogen and oxygen atoms in total. The molecule has 0 amide bonds. The van der Waals surface area contributed by atoms with E-state index in [1.807, 2.05) is 31.2 Å². The summed E-state index contributed by atoms with van der Waals surface area (Å²) in [6.07, 6.45) is 0. The van der Waals surface area contributed by atoms with Gasteiger partial charge < -0.3 is 15.8 Å². The largest absolute Gasteiger partial charge is 0.497 e. The molecule has 0 saturated heterocycles. The molecule has 3 rings (SSSR count). The smallest absolute Gasteiger partial charge is 0.234 e. The number of thioether (sulfide) groups is 1. The average molecular weight is 363 g/mol. The van der Waals surface area contributed by atoms with Crippen LogP contribution in [0.5, 0.6) is 5.75 Å². The molecule has 1 unspecified atom stereocenters. The number of aromatic nitrogens is 2. The van der Waals surface area contributed by atoms with E-state index in [0.717, 1.165) is 20.7 Å². The molecule has 2 aromatic rings. The quantitative estimate of drug-likeness (QED) is 0.678. The summed E-state index contributed by atoms with van der Waals surface area (Å²) in [5.74, 6) is 0.889. The Hall–Kier alpha value is -2.17. The molecule has 126 valence electrons. The molecule has 0 aliphatic carbocycles. The van der Waals surface area contributed by atoms with Gasteiger partial charge in [-0.2, -0.15) is 0 Å². The molecule has 2 heterocycles. The van der Waals surface area contributed by atoms with E-state index in [2.05, 4.69) is 25.5 Å². The number of ether oxygens (including phenoxy) is 1. The van der Waals surface area contributed by atoms with Crippen molar-refractivity contribution in [3.05, 3.63) is 34.8 Å². The van der Waals surface area contributed by atoms with E-state index < -0.39 is 5.79 Å². The van der Waals surface area contributed by atoms with E-state index in [-0.39, 0.29) is 5.96 Å². The van der Waals surface area contributed by atoms with Crippen molar-refractivity contribution in [1.82, 2.24) is 15.5 Å². The van der Waals surface area contributed by atoms with Crippen molar-refractivity contribution in [1.29, 1.82) is 0 Å². The van der Waals surface area contributed by atoms with Gasteiger partial charge in [0.1, 0.15) is 16.6 Å². The number of methoxy groups -OCH3 is 1. The lowest BCUT2D eigenvalue weighted by Crippen LogP contribution is -2.49. The second-order valence-corrected chi connectivity index (χ2v) is 7.41. The fraction of sp³-hybridized carbons (Fsp3) is 0.286. The number of nitrogens with zero attached hydrogens (tertiary/aromatic N) is 4. The van der Waals surface area contributed by atoms with Gasteiger partial charge in [0.25, 0.3) is 0 Å². The number of aryl methyl sites for hydroxylation is 1. The molecule has 1 aromatic carbocycles. The van der Waals surface area contributed by atoms with Crippen molar-refractivity contribution in [2.45, 2.75) is 17.1 Å². The molecule has 1 aliphatic heterocycles. The van der Waals surface area contributed by atoms with Crippen LogP contribution in [0.25, 0.3) is 0 Å². The number of amidine groups is 1. The molecule has 0 radical (unpaired) electrons. The number of hydrogen-bond donors (Lipinski definition) is 3. The minimum atomic E-state index is -1.26. The summed E-state index contributed by atoms with van der Waals surface area (Å²) >= 11 is 3.05. The first-order chi connectivity index (χ1) is 11.5. The highest BCUT2D eigenvalue weighted by Gasteiger charge is 2.30. The Kier molecular flexibility index (Phi) is 4.69. The number of rotatable bonds is 5. The number of hydrogen-bond acceptors (Lipinski definition) is 10. The SMILES string of the molecule is COc1ccc(C2(N)N=C(N)NC(CSc3nnc(C)s3)=N2)cc1. The molecular weight excluding hydrogens is 346 g/mol. The molecule has 1 aromatic heterocycles. The summed E-state index contributed by atoms with van der Waals surface area (Å²) in [7, 11) is 1.61. The highest BCUT2D eigenvalue weighted by Crippen LogP contribution is 2.27. The molecule has 1 aliphatic rings. The lowest BCUT2D eigenvalue weighted by Gasteiger charge is -2.27. The van der Waals surface area contributed by atoms with Crippen LogP contribution in [0, 0.1) is 6.92 Å². The third kappa shape index (κ3) is 3.66. The molecule has 0 spiro atoms. The van der Waals surface area contributed by atoms with Gasteiger partial charge in [-0.1, -0.05) is 23.1 Å². The monoisotopic (exact) mass is 363 g/mol. The molecule has 10 heteroatoms. The Balaban J connectivity index is 1.80. The van der Waals surface area contributed by atoms with Crippen LogP contribution in [0.2, 0.25) is 0 Å². The summed E-state index contributed by atoms with van der Waals surface area (Å²) in [5.41, 5.74) is 13.0. The highest BCUT2D eigenvalue weighted by atomic mass is 32.2. The van der Waals surface area contributed by atoms with E-state index in [1.54, 1.807) is 7.11 Å². The number of nitrogens with one attached hydrogen (secondary N) is 1. The second kappa shape index (κ2) is 6.75. The molecule has 1 atom stereocenters. The molecule has 0 bridgehead atoms. The van der Waals surface area contributed by atoms with Crippen LogP contribution in [-0.4, -0.2) is 34.9 Å². The molecule has 0 saturated carbocycles. The normalized spacial score (nSPS) is 20.1. The Bertz CT molecular complexity index is 787. The van der Waals surface area contributed by atoms with E-state index in [1.165, 1.54) is 23.1 Å². The van der Waals surface area contributed by atoms with Crippen LogP contribution >= 0.6 is 23.1 Å². The van der Waals surface area contributed by atoms with E-state index >= 15 is 0 Å². The number of nitrogens with two attached hydrogens (primary N) is 2. The van der Waals surface area contributed by atoms with Gasteiger partial charge in [0.05, 0.1) is 12.9 Å². The van der Waals surface area contributed by atoms with Crippen molar-refractivity contribution in [2.75, 3.05) is 12.9 Å². The Morgan fingerprint density at radius 3 is 2.62 bits per heavy atom. The first kappa shape index (κ1) is 16.7. The van der Waals surface area contributed by atoms with Gasteiger partial charge >= 0.3 is 0 Å². The first-order valence-corrected chi connectivity index (χ1v) is 8.86. The predicted octanol–water partition coefficient (Wildman–Crippen LogP) is 1.03. The third-order valence-corrected chi connectivity index (χ3v) is 5.21. The van der Waals surface area contributed by atoms with E-state index in [4.69, 9.17) is 16.2 Å². The van der Waals surface area contributed by atoms with E-state index in [9.17, 15) is 0 Å². The van der Waals surface area contributed by atoms with Crippen LogP contribution < -0.4 is 21.5 Å². The minimum absolute atomic E-state index is 0.229.